The zero-order valence-electron chi connectivity index (χ0n) is 20.9. The van der Waals surface area contributed by atoms with Gasteiger partial charge in [0.05, 0.1) is 19.3 Å². The van der Waals surface area contributed by atoms with Crippen molar-refractivity contribution in [1.82, 2.24) is 20.4 Å². The van der Waals surface area contributed by atoms with E-state index in [1.807, 2.05) is 43.9 Å². The van der Waals surface area contributed by atoms with Crippen LogP contribution in [0.3, 0.4) is 0 Å². The van der Waals surface area contributed by atoms with Crippen LogP contribution < -0.4 is 16.4 Å². The number of likely N-dealkylation sites (tertiary alicyclic amines) is 1. The van der Waals surface area contributed by atoms with Gasteiger partial charge in [0.1, 0.15) is 11.6 Å². The van der Waals surface area contributed by atoms with E-state index < -0.39 is 17.6 Å². The summed E-state index contributed by atoms with van der Waals surface area (Å²) in [6.45, 7) is 9.97. The lowest BCUT2D eigenvalue weighted by Crippen LogP contribution is -2.54. The third kappa shape index (κ3) is 7.94. The molecular weight excluding hydrogens is 446 g/mol. The molecule has 0 spiro atoms. The Morgan fingerprint density at radius 3 is 2.51 bits per heavy atom. The lowest BCUT2D eigenvalue weighted by atomic mass is 9.87. The smallest absolute Gasteiger partial charge is 0.318 e. The quantitative estimate of drug-likeness (QED) is 0.414. The zero-order chi connectivity index (χ0) is 25.5. The van der Waals surface area contributed by atoms with Gasteiger partial charge in [0.15, 0.2) is 0 Å². The molecule has 2 fully saturated rings. The van der Waals surface area contributed by atoms with E-state index in [1.54, 1.807) is 0 Å². The molecule has 2 saturated heterocycles. The Labute approximate surface area is 207 Å². The van der Waals surface area contributed by atoms with Crippen LogP contribution in [-0.4, -0.2) is 78.7 Å². The van der Waals surface area contributed by atoms with Crippen molar-refractivity contribution in [2.75, 3.05) is 39.4 Å². The number of hydrogen-bond acceptors (Lipinski definition) is 6. The monoisotopic (exact) mass is 483 g/mol. The number of ether oxygens (including phenoxy) is 1. The van der Waals surface area contributed by atoms with Crippen LogP contribution in [-0.2, 0) is 16.1 Å². The van der Waals surface area contributed by atoms with Gasteiger partial charge in [-0.05, 0) is 23.8 Å². The predicted octanol–water partition coefficient (Wildman–Crippen LogP) is 1.43. The van der Waals surface area contributed by atoms with Gasteiger partial charge >= 0.3 is 6.03 Å². The minimum Gasteiger partial charge on any atom is -0.378 e. The molecule has 4 N–H and O–H groups in total. The first kappa shape index (κ1) is 26.4. The van der Waals surface area contributed by atoms with Crippen LogP contribution in [0.15, 0.2) is 35.3 Å². The molecule has 0 bridgehead atoms. The van der Waals surface area contributed by atoms with Crippen molar-refractivity contribution in [3.63, 3.8) is 0 Å². The topological polar surface area (TPSA) is 136 Å². The van der Waals surface area contributed by atoms with Crippen LogP contribution in [0, 0.1) is 16.7 Å². The average Bonchev–Trinajstić information content (AvgIpc) is 3.21. The minimum atomic E-state index is -0.992. The van der Waals surface area contributed by atoms with Crippen molar-refractivity contribution in [1.29, 1.82) is 5.26 Å². The van der Waals surface area contributed by atoms with Crippen molar-refractivity contribution >= 4 is 17.9 Å². The SMILES string of the molecule is CC(C)(C)CC(N=C(NC(N)=O)N1CCOCC1)C(=O)NC1(C#N)CCN(Cc2ccccc2)C1. The predicted molar refractivity (Wildman–Crippen MR) is 133 cm³/mol. The summed E-state index contributed by atoms with van der Waals surface area (Å²) in [5.74, 6) is -0.0756. The Bertz CT molecular complexity index is 948. The number of amides is 3. The molecule has 35 heavy (non-hydrogen) atoms. The number of nitriles is 1. The van der Waals surface area contributed by atoms with Gasteiger partial charge in [0.25, 0.3) is 0 Å². The van der Waals surface area contributed by atoms with Gasteiger partial charge in [-0.1, -0.05) is 51.1 Å². The molecule has 10 heteroatoms. The van der Waals surface area contributed by atoms with Gasteiger partial charge in [-0.25, -0.2) is 9.79 Å². The fourth-order valence-corrected chi connectivity index (χ4v) is 4.41. The zero-order valence-corrected chi connectivity index (χ0v) is 20.9. The van der Waals surface area contributed by atoms with Crippen molar-refractivity contribution in [2.24, 2.45) is 16.1 Å². The maximum Gasteiger partial charge on any atom is 0.318 e. The molecule has 2 aliphatic rings. The third-order valence-corrected chi connectivity index (χ3v) is 6.11. The largest absolute Gasteiger partial charge is 0.378 e. The van der Waals surface area contributed by atoms with Crippen molar-refractivity contribution < 1.29 is 14.3 Å². The molecule has 2 aliphatic heterocycles. The highest BCUT2D eigenvalue weighted by molar-refractivity contribution is 5.97. The summed E-state index contributed by atoms with van der Waals surface area (Å²) in [4.78, 5) is 33.9. The standard InChI is InChI=1S/C25H37N7O3/c1-24(2,3)15-20(28-23(29-22(27)34)32-11-13-35-14-12-32)21(33)30-25(17-26)9-10-31(18-25)16-19-7-5-4-6-8-19/h4-8,20H,9-16,18H2,1-3H3,(H,30,33)(H3,27,28,29,34). The molecule has 190 valence electrons. The summed E-state index contributed by atoms with van der Waals surface area (Å²) in [5, 5.41) is 15.6. The van der Waals surface area contributed by atoms with E-state index in [4.69, 9.17) is 10.5 Å². The number of nitrogens with zero attached hydrogens (tertiary/aromatic N) is 4. The Kier molecular flexibility index (Phi) is 8.70. The second-order valence-corrected chi connectivity index (χ2v) is 10.5. The van der Waals surface area contributed by atoms with Crippen molar-refractivity contribution in [2.45, 2.75) is 51.7 Å². The normalized spacial score (nSPS) is 22.3. The Hall–Kier alpha value is -3.16. The molecule has 2 atom stereocenters. The molecule has 3 amide bonds. The molecule has 10 nitrogen and oxygen atoms in total. The number of hydrogen-bond donors (Lipinski definition) is 3. The summed E-state index contributed by atoms with van der Waals surface area (Å²) >= 11 is 0. The maximum atomic E-state index is 13.5. The summed E-state index contributed by atoms with van der Waals surface area (Å²) < 4.78 is 5.40. The number of benzene rings is 1. The van der Waals surface area contributed by atoms with E-state index >= 15 is 0 Å². The van der Waals surface area contributed by atoms with Crippen LogP contribution in [0.5, 0.6) is 0 Å². The fraction of sp³-hybridized carbons (Fsp3) is 0.600. The third-order valence-electron chi connectivity index (χ3n) is 6.11. The first-order valence-corrected chi connectivity index (χ1v) is 12.1. The van der Waals surface area contributed by atoms with Crippen LogP contribution in [0.25, 0.3) is 0 Å². The van der Waals surface area contributed by atoms with Crippen molar-refractivity contribution in [3.05, 3.63) is 35.9 Å². The van der Waals surface area contributed by atoms with Gasteiger partial charge in [0.2, 0.25) is 11.9 Å². The van der Waals surface area contributed by atoms with E-state index in [9.17, 15) is 14.9 Å². The molecule has 2 unspecified atom stereocenters. The average molecular weight is 484 g/mol. The maximum absolute atomic E-state index is 13.5. The molecule has 0 aromatic heterocycles. The lowest BCUT2D eigenvalue weighted by molar-refractivity contribution is -0.124. The number of carbonyl (C=O) groups is 2. The van der Waals surface area contributed by atoms with E-state index in [2.05, 4.69) is 38.7 Å². The number of carbonyl (C=O) groups excluding carboxylic acids is 2. The van der Waals surface area contributed by atoms with E-state index in [0.717, 1.165) is 5.56 Å². The Balaban J connectivity index is 1.78. The number of urea groups is 1. The van der Waals surface area contributed by atoms with Gasteiger partial charge in [-0.3, -0.25) is 15.0 Å². The molecule has 0 aliphatic carbocycles. The Morgan fingerprint density at radius 1 is 1.23 bits per heavy atom. The highest BCUT2D eigenvalue weighted by atomic mass is 16.5. The summed E-state index contributed by atoms with van der Waals surface area (Å²) in [6.07, 6.45) is 0.965. The summed E-state index contributed by atoms with van der Waals surface area (Å²) in [7, 11) is 0. The number of nitrogens with two attached hydrogens (primary N) is 1. The minimum absolute atomic E-state index is 0.219. The number of rotatable bonds is 6. The second kappa shape index (κ2) is 11.5. The molecule has 0 radical (unpaired) electrons. The summed E-state index contributed by atoms with van der Waals surface area (Å²) in [6, 6.07) is 10.9. The van der Waals surface area contributed by atoms with E-state index in [1.165, 1.54) is 0 Å². The molecule has 1 aromatic rings. The molecule has 3 rings (SSSR count). The second-order valence-electron chi connectivity index (χ2n) is 10.5. The number of morpholine rings is 1. The summed E-state index contributed by atoms with van der Waals surface area (Å²) in [5.41, 5.74) is 5.35. The first-order chi connectivity index (χ1) is 16.6. The van der Waals surface area contributed by atoms with Crippen LogP contribution in [0.2, 0.25) is 0 Å². The number of nitrogens with one attached hydrogen (secondary N) is 2. The molecule has 1 aromatic carbocycles. The highest BCUT2D eigenvalue weighted by Crippen LogP contribution is 2.26. The number of aliphatic imine (C=N–C) groups is 1. The van der Waals surface area contributed by atoms with Crippen LogP contribution in [0.4, 0.5) is 4.79 Å². The van der Waals surface area contributed by atoms with Crippen molar-refractivity contribution in [3.8, 4) is 6.07 Å². The lowest BCUT2D eigenvalue weighted by Gasteiger charge is -2.32. The number of primary amides is 1. The number of guanidine groups is 1. The molecular formula is C25H37N7O3. The highest BCUT2D eigenvalue weighted by Gasteiger charge is 2.41. The first-order valence-electron chi connectivity index (χ1n) is 12.1. The van der Waals surface area contributed by atoms with Crippen LogP contribution >= 0.6 is 0 Å². The van der Waals surface area contributed by atoms with Gasteiger partial charge in [-0.2, -0.15) is 5.26 Å². The van der Waals surface area contributed by atoms with Gasteiger partial charge < -0.3 is 20.7 Å². The van der Waals surface area contributed by atoms with E-state index in [0.29, 0.717) is 58.8 Å². The van der Waals surface area contributed by atoms with Crippen LogP contribution in [0.1, 0.15) is 39.2 Å². The van der Waals surface area contributed by atoms with E-state index in [-0.39, 0.29) is 17.3 Å². The molecule has 0 saturated carbocycles. The van der Waals surface area contributed by atoms with Gasteiger partial charge in [0, 0.05) is 32.7 Å². The Morgan fingerprint density at radius 2 is 1.91 bits per heavy atom. The molecule has 2 heterocycles. The van der Waals surface area contributed by atoms with Gasteiger partial charge in [-0.15, -0.1) is 0 Å². The fourth-order valence-electron chi connectivity index (χ4n) is 4.41.